The molecular formula is C13H12N4O3. The molecule has 0 aliphatic carbocycles. The largest absolute Gasteiger partial charge is 0.618 e. The highest BCUT2D eigenvalue weighted by molar-refractivity contribution is 5.82. The van der Waals surface area contributed by atoms with Gasteiger partial charge in [0.05, 0.1) is 12.8 Å². The molecule has 7 nitrogen and oxygen atoms in total. The maximum Gasteiger partial charge on any atom is 0.430 e. The number of hydrogen-bond acceptors (Lipinski definition) is 5. The Labute approximate surface area is 114 Å². The van der Waals surface area contributed by atoms with Gasteiger partial charge in [-0.3, -0.25) is 0 Å². The summed E-state index contributed by atoms with van der Waals surface area (Å²) >= 11 is 0. The van der Waals surface area contributed by atoms with Crippen LogP contribution in [-0.2, 0) is 4.74 Å². The number of fused-ring (bicyclic) bond motifs is 1. The van der Waals surface area contributed by atoms with Gasteiger partial charge in [0.1, 0.15) is 12.1 Å². The Morgan fingerprint density at radius 2 is 2.30 bits per heavy atom. The van der Waals surface area contributed by atoms with E-state index in [1.54, 1.807) is 25.1 Å². The molecule has 0 bridgehead atoms. The fourth-order valence-corrected chi connectivity index (χ4v) is 1.96. The Kier molecular flexibility index (Phi) is 2.94. The van der Waals surface area contributed by atoms with Crippen LogP contribution in [0.2, 0.25) is 0 Å². The summed E-state index contributed by atoms with van der Waals surface area (Å²) in [6, 6.07) is 7.06. The number of hydrogen-bond donors (Lipinski definition) is 0. The van der Waals surface area contributed by atoms with Crippen molar-refractivity contribution in [1.29, 1.82) is 0 Å². The van der Waals surface area contributed by atoms with Crippen LogP contribution >= 0.6 is 0 Å². The van der Waals surface area contributed by atoms with Gasteiger partial charge in [-0.15, -0.1) is 0 Å². The zero-order valence-corrected chi connectivity index (χ0v) is 10.8. The van der Waals surface area contributed by atoms with Crippen LogP contribution in [0.3, 0.4) is 0 Å². The Morgan fingerprint density at radius 1 is 1.50 bits per heavy atom. The van der Waals surface area contributed by atoms with Crippen molar-refractivity contribution in [3.05, 3.63) is 40.9 Å². The van der Waals surface area contributed by atoms with E-state index in [4.69, 9.17) is 4.74 Å². The molecule has 20 heavy (non-hydrogen) atoms. The number of carbonyl (C=O) groups is 1. The van der Waals surface area contributed by atoms with Gasteiger partial charge in [-0.2, -0.15) is 14.8 Å². The molecule has 0 saturated carbocycles. The van der Waals surface area contributed by atoms with Gasteiger partial charge in [0.25, 0.3) is 0 Å². The second-order valence-corrected chi connectivity index (χ2v) is 4.35. The number of para-hydroxylation sites is 2. The van der Waals surface area contributed by atoms with Gasteiger partial charge in [0, 0.05) is 13.0 Å². The van der Waals surface area contributed by atoms with E-state index in [0.717, 1.165) is 4.73 Å². The SMILES string of the molecule is Cc1c(/C=N/N2CCOC2=O)nc2ccccc2[n+]1[O-]. The fraction of sp³-hybridized carbons (Fsp3) is 0.231. The minimum Gasteiger partial charge on any atom is -0.618 e. The molecule has 0 atom stereocenters. The summed E-state index contributed by atoms with van der Waals surface area (Å²) in [6.45, 7) is 2.39. The average Bonchev–Trinajstić information content (AvgIpc) is 2.87. The van der Waals surface area contributed by atoms with Crippen molar-refractivity contribution < 1.29 is 14.3 Å². The summed E-state index contributed by atoms with van der Waals surface area (Å²) in [6.07, 6.45) is 0.914. The number of nitrogens with zero attached hydrogens (tertiary/aromatic N) is 4. The van der Waals surface area contributed by atoms with E-state index in [1.165, 1.54) is 11.2 Å². The van der Waals surface area contributed by atoms with E-state index < -0.39 is 6.09 Å². The van der Waals surface area contributed by atoms with Gasteiger partial charge in [-0.1, -0.05) is 12.1 Å². The molecule has 0 radical (unpaired) electrons. The fourth-order valence-electron chi connectivity index (χ4n) is 1.96. The average molecular weight is 272 g/mol. The maximum absolute atomic E-state index is 12.1. The second kappa shape index (κ2) is 4.76. The standard InChI is InChI=1S/C13H12N4O3/c1-9-11(8-14-16-6-7-20-13(16)18)15-10-4-2-3-5-12(10)17(9)19/h2-5,8H,6-7H2,1H3/b14-8+. The van der Waals surface area contributed by atoms with Crippen LogP contribution in [0.25, 0.3) is 11.0 Å². The Balaban J connectivity index is 2.01. The highest BCUT2D eigenvalue weighted by atomic mass is 16.6. The lowest BCUT2D eigenvalue weighted by molar-refractivity contribution is -0.584. The number of amides is 1. The van der Waals surface area contributed by atoms with E-state index in [-0.39, 0.29) is 0 Å². The minimum absolute atomic E-state index is 0.321. The molecule has 1 fully saturated rings. The number of hydrazone groups is 1. The molecule has 1 saturated heterocycles. The summed E-state index contributed by atoms with van der Waals surface area (Å²) < 4.78 is 5.58. The van der Waals surface area contributed by atoms with Gasteiger partial charge >= 0.3 is 6.09 Å². The van der Waals surface area contributed by atoms with E-state index in [2.05, 4.69) is 10.1 Å². The summed E-state index contributed by atoms with van der Waals surface area (Å²) in [5.41, 5.74) is 1.94. The molecule has 2 aromatic rings. The van der Waals surface area contributed by atoms with Crippen molar-refractivity contribution in [2.75, 3.05) is 13.2 Å². The molecule has 7 heteroatoms. The van der Waals surface area contributed by atoms with Crippen LogP contribution in [-0.4, -0.2) is 35.5 Å². The minimum atomic E-state index is -0.491. The first-order chi connectivity index (χ1) is 9.66. The van der Waals surface area contributed by atoms with E-state index in [0.29, 0.717) is 35.6 Å². The maximum atomic E-state index is 12.1. The van der Waals surface area contributed by atoms with Crippen LogP contribution in [0, 0.1) is 12.1 Å². The number of cyclic esters (lactones) is 1. The topological polar surface area (TPSA) is 81.7 Å². The number of benzene rings is 1. The number of aromatic nitrogens is 2. The molecule has 1 aliphatic rings. The van der Waals surface area contributed by atoms with Gasteiger partial charge in [0.2, 0.25) is 11.2 Å². The first-order valence-electron chi connectivity index (χ1n) is 6.14. The Bertz CT molecular complexity index is 714. The zero-order valence-electron chi connectivity index (χ0n) is 10.8. The molecule has 0 N–H and O–H groups in total. The summed E-state index contributed by atoms with van der Waals surface area (Å²) in [5, 5.41) is 17.3. The van der Waals surface area contributed by atoms with Crippen molar-refractivity contribution >= 4 is 23.3 Å². The number of rotatable bonds is 2. The van der Waals surface area contributed by atoms with Crippen molar-refractivity contribution in [3.63, 3.8) is 0 Å². The van der Waals surface area contributed by atoms with E-state index in [9.17, 15) is 10.0 Å². The molecule has 1 aliphatic heterocycles. The molecule has 1 amide bonds. The van der Waals surface area contributed by atoms with Gasteiger partial charge in [-0.25, -0.2) is 9.78 Å². The molecule has 2 heterocycles. The van der Waals surface area contributed by atoms with Crippen LogP contribution < -0.4 is 4.73 Å². The third-order valence-electron chi connectivity index (χ3n) is 3.08. The van der Waals surface area contributed by atoms with Crippen molar-refractivity contribution in [3.8, 4) is 0 Å². The quantitative estimate of drug-likeness (QED) is 0.463. The smallest absolute Gasteiger partial charge is 0.430 e. The first-order valence-corrected chi connectivity index (χ1v) is 6.14. The monoisotopic (exact) mass is 272 g/mol. The van der Waals surface area contributed by atoms with Crippen LogP contribution in [0.5, 0.6) is 0 Å². The van der Waals surface area contributed by atoms with Crippen LogP contribution in [0.4, 0.5) is 4.79 Å². The molecule has 3 rings (SSSR count). The van der Waals surface area contributed by atoms with Gasteiger partial charge < -0.3 is 9.94 Å². The molecule has 0 spiro atoms. The number of carbonyl (C=O) groups excluding carboxylic acids is 1. The van der Waals surface area contributed by atoms with E-state index >= 15 is 0 Å². The van der Waals surface area contributed by atoms with E-state index in [1.807, 2.05) is 6.07 Å². The first kappa shape index (κ1) is 12.3. The lowest BCUT2D eigenvalue weighted by Crippen LogP contribution is -2.33. The predicted molar refractivity (Wildman–Crippen MR) is 71.1 cm³/mol. The molecular weight excluding hydrogens is 260 g/mol. The number of ether oxygens (including phenoxy) is 1. The van der Waals surface area contributed by atoms with Crippen LogP contribution in [0.15, 0.2) is 29.4 Å². The van der Waals surface area contributed by atoms with Crippen molar-refractivity contribution in [1.82, 2.24) is 9.99 Å². The van der Waals surface area contributed by atoms with Gasteiger partial charge in [-0.05, 0) is 6.07 Å². The van der Waals surface area contributed by atoms with Crippen molar-refractivity contribution in [2.24, 2.45) is 5.10 Å². The lowest BCUT2D eigenvalue weighted by Gasteiger charge is -2.07. The summed E-state index contributed by atoms with van der Waals surface area (Å²) in [4.78, 5) is 15.6. The summed E-state index contributed by atoms with van der Waals surface area (Å²) in [5.74, 6) is 0. The highest BCUT2D eigenvalue weighted by Crippen LogP contribution is 2.10. The lowest BCUT2D eigenvalue weighted by atomic mass is 10.2. The third kappa shape index (κ3) is 2.03. The zero-order chi connectivity index (χ0) is 14.1. The van der Waals surface area contributed by atoms with Crippen molar-refractivity contribution in [2.45, 2.75) is 6.92 Å². The predicted octanol–water partition coefficient (Wildman–Crippen LogP) is 0.963. The Hall–Kier alpha value is -2.70. The van der Waals surface area contributed by atoms with Gasteiger partial charge in [0.15, 0.2) is 5.69 Å². The third-order valence-corrected chi connectivity index (χ3v) is 3.08. The Morgan fingerprint density at radius 3 is 3.05 bits per heavy atom. The highest BCUT2D eigenvalue weighted by Gasteiger charge is 2.21. The normalized spacial score (nSPS) is 15.2. The summed E-state index contributed by atoms with van der Waals surface area (Å²) in [7, 11) is 0. The van der Waals surface area contributed by atoms with Crippen LogP contribution in [0.1, 0.15) is 11.4 Å². The second-order valence-electron chi connectivity index (χ2n) is 4.35. The molecule has 102 valence electrons. The molecule has 0 unspecified atom stereocenters. The molecule has 1 aromatic heterocycles. The molecule has 1 aromatic carbocycles.